The van der Waals surface area contributed by atoms with Crippen LogP contribution in [0.3, 0.4) is 0 Å². The number of imidazole rings is 1. The van der Waals surface area contributed by atoms with Gasteiger partial charge in [-0.25, -0.2) is 14.4 Å². The predicted octanol–water partition coefficient (Wildman–Crippen LogP) is 4.98. The fourth-order valence-corrected chi connectivity index (χ4v) is 3.62. The van der Waals surface area contributed by atoms with Gasteiger partial charge in [-0.1, -0.05) is 12.1 Å². The molecule has 0 bridgehead atoms. The lowest BCUT2D eigenvalue weighted by Gasteiger charge is -2.11. The van der Waals surface area contributed by atoms with E-state index in [2.05, 4.69) is 21.2 Å². The summed E-state index contributed by atoms with van der Waals surface area (Å²) in [6, 6.07) is 5.28. The molecule has 1 unspecified atom stereocenters. The van der Waals surface area contributed by atoms with E-state index >= 15 is 0 Å². The number of aromatic nitrogens is 3. The van der Waals surface area contributed by atoms with E-state index in [1.165, 1.54) is 0 Å². The highest BCUT2D eigenvalue weighted by atomic mass is 19.4. The van der Waals surface area contributed by atoms with Gasteiger partial charge in [0.1, 0.15) is 11.9 Å². The van der Waals surface area contributed by atoms with Crippen LogP contribution >= 0.6 is 0 Å². The molecular formula is C23H20F4N4O. The predicted molar refractivity (Wildman–Crippen MR) is 112 cm³/mol. The van der Waals surface area contributed by atoms with Gasteiger partial charge in [0.05, 0.1) is 18.3 Å². The third kappa shape index (κ3) is 4.59. The Labute approximate surface area is 181 Å². The molecule has 32 heavy (non-hydrogen) atoms. The van der Waals surface area contributed by atoms with E-state index in [-0.39, 0.29) is 36.2 Å². The standard InChI is InChI=1S/C23H20F4N4O/c1-3-16-12-31-19(11-29-22(31)21(30-16)28-7-6-23(25,26)27)14-4-5-17(13(2)8-14)20(32)10-15-9-18(15)24/h1,4-5,8,11-12,15,18H,6-7,9-10H2,2H3,(H,28,30)/t15?,18-/m0/s1. The average Bonchev–Trinajstić information content (AvgIpc) is 3.24. The number of rotatable bonds is 7. The smallest absolute Gasteiger partial charge is 0.367 e. The number of hydrogen-bond acceptors (Lipinski definition) is 4. The van der Waals surface area contributed by atoms with Gasteiger partial charge < -0.3 is 5.32 Å². The first-order valence-corrected chi connectivity index (χ1v) is 10.1. The van der Waals surface area contributed by atoms with Gasteiger partial charge in [-0.2, -0.15) is 13.2 Å². The van der Waals surface area contributed by atoms with E-state index < -0.39 is 18.8 Å². The highest BCUT2D eigenvalue weighted by molar-refractivity contribution is 5.98. The summed E-state index contributed by atoms with van der Waals surface area (Å²) in [4.78, 5) is 20.9. The lowest BCUT2D eigenvalue weighted by Crippen LogP contribution is -2.16. The van der Waals surface area contributed by atoms with Crippen LogP contribution in [0.1, 0.15) is 40.9 Å². The molecule has 1 N–H and O–H groups in total. The van der Waals surface area contributed by atoms with Crippen LogP contribution in [-0.2, 0) is 0 Å². The number of hydrogen-bond donors (Lipinski definition) is 1. The van der Waals surface area contributed by atoms with Crippen molar-refractivity contribution in [2.45, 2.75) is 38.5 Å². The summed E-state index contributed by atoms with van der Waals surface area (Å²) < 4.78 is 52.3. The molecule has 3 aromatic rings. The van der Waals surface area contributed by atoms with Crippen molar-refractivity contribution < 1.29 is 22.4 Å². The fraction of sp³-hybridized carbons (Fsp3) is 0.348. The fourth-order valence-electron chi connectivity index (χ4n) is 3.62. The molecule has 2 atom stereocenters. The summed E-state index contributed by atoms with van der Waals surface area (Å²) in [7, 11) is 0. The quantitative estimate of drug-likeness (QED) is 0.317. The van der Waals surface area contributed by atoms with Gasteiger partial charge in [-0.3, -0.25) is 9.20 Å². The number of aryl methyl sites for hydroxylation is 1. The van der Waals surface area contributed by atoms with Crippen LogP contribution in [0.4, 0.5) is 23.4 Å². The first kappa shape index (κ1) is 21.8. The number of Topliss-reactive ketones (excluding diaryl/α,β-unsaturated/α-hetero) is 1. The second kappa shape index (κ2) is 8.26. The molecule has 1 aliphatic carbocycles. The van der Waals surface area contributed by atoms with Gasteiger partial charge in [-0.05, 0) is 30.9 Å². The van der Waals surface area contributed by atoms with Crippen LogP contribution in [0, 0.1) is 25.2 Å². The van der Waals surface area contributed by atoms with E-state index in [0.29, 0.717) is 23.3 Å². The Bertz CT molecular complexity index is 1230. The molecule has 9 heteroatoms. The van der Waals surface area contributed by atoms with Gasteiger partial charge in [0, 0.05) is 36.2 Å². The summed E-state index contributed by atoms with van der Waals surface area (Å²) >= 11 is 0. The molecule has 0 amide bonds. The number of ketones is 1. The summed E-state index contributed by atoms with van der Waals surface area (Å²) in [6.07, 6.45) is 3.07. The van der Waals surface area contributed by atoms with Crippen LogP contribution in [0.15, 0.2) is 30.6 Å². The van der Waals surface area contributed by atoms with Crippen LogP contribution in [0.2, 0.25) is 0 Å². The largest absolute Gasteiger partial charge is 0.390 e. The maximum absolute atomic E-state index is 13.1. The Morgan fingerprint density at radius 2 is 2.12 bits per heavy atom. The van der Waals surface area contributed by atoms with Gasteiger partial charge in [0.15, 0.2) is 17.2 Å². The van der Waals surface area contributed by atoms with E-state index in [9.17, 15) is 22.4 Å². The molecule has 4 rings (SSSR count). The Balaban J connectivity index is 1.64. The molecular weight excluding hydrogens is 424 g/mol. The van der Waals surface area contributed by atoms with Crippen molar-refractivity contribution >= 4 is 17.2 Å². The average molecular weight is 444 g/mol. The number of halogens is 4. The lowest BCUT2D eigenvalue weighted by molar-refractivity contribution is -0.131. The highest BCUT2D eigenvalue weighted by Crippen LogP contribution is 2.38. The number of anilines is 1. The molecule has 166 valence electrons. The van der Waals surface area contributed by atoms with E-state index in [4.69, 9.17) is 6.42 Å². The van der Waals surface area contributed by atoms with Gasteiger partial charge in [0.2, 0.25) is 0 Å². The number of nitrogens with one attached hydrogen (secondary N) is 1. The molecule has 0 aliphatic heterocycles. The highest BCUT2D eigenvalue weighted by Gasteiger charge is 2.39. The second-order valence-corrected chi connectivity index (χ2v) is 7.92. The van der Waals surface area contributed by atoms with Crippen molar-refractivity contribution in [3.63, 3.8) is 0 Å². The van der Waals surface area contributed by atoms with Crippen LogP contribution in [0.25, 0.3) is 16.9 Å². The molecule has 1 saturated carbocycles. The number of fused-ring (bicyclic) bond motifs is 1. The normalized spacial score (nSPS) is 17.9. The van der Waals surface area contributed by atoms with E-state index in [0.717, 1.165) is 11.1 Å². The lowest BCUT2D eigenvalue weighted by atomic mass is 9.98. The Morgan fingerprint density at radius 1 is 1.38 bits per heavy atom. The summed E-state index contributed by atoms with van der Waals surface area (Å²) in [5, 5.41) is 2.66. The Hall–Kier alpha value is -3.41. The van der Waals surface area contributed by atoms with Gasteiger partial charge >= 0.3 is 6.18 Å². The monoisotopic (exact) mass is 444 g/mol. The Morgan fingerprint density at radius 3 is 2.75 bits per heavy atom. The maximum Gasteiger partial charge on any atom is 0.390 e. The summed E-state index contributed by atoms with van der Waals surface area (Å²) in [6.45, 7) is 1.44. The van der Waals surface area contributed by atoms with Crippen LogP contribution in [0.5, 0.6) is 0 Å². The number of alkyl halides is 4. The number of benzene rings is 1. The van der Waals surface area contributed by atoms with Crippen molar-refractivity contribution in [1.29, 1.82) is 0 Å². The van der Waals surface area contributed by atoms with Crippen LogP contribution < -0.4 is 5.32 Å². The second-order valence-electron chi connectivity index (χ2n) is 7.92. The number of nitrogens with zero attached hydrogens (tertiary/aromatic N) is 3. The molecule has 2 aromatic heterocycles. The van der Waals surface area contributed by atoms with Crippen molar-refractivity contribution in [3.05, 3.63) is 47.4 Å². The first-order valence-electron chi connectivity index (χ1n) is 10.1. The topological polar surface area (TPSA) is 59.3 Å². The van der Waals surface area contributed by atoms with E-state index in [1.807, 2.05) is 6.07 Å². The molecule has 2 heterocycles. The van der Waals surface area contributed by atoms with Crippen molar-refractivity contribution in [2.24, 2.45) is 5.92 Å². The summed E-state index contributed by atoms with van der Waals surface area (Å²) in [5.41, 5.74) is 3.25. The minimum Gasteiger partial charge on any atom is -0.367 e. The van der Waals surface area contributed by atoms with Crippen LogP contribution in [-0.4, -0.2) is 39.0 Å². The zero-order chi connectivity index (χ0) is 23.0. The first-order chi connectivity index (χ1) is 15.2. The molecule has 0 radical (unpaired) electrons. The number of carbonyl (C=O) groups is 1. The minimum atomic E-state index is -4.30. The molecule has 5 nitrogen and oxygen atoms in total. The summed E-state index contributed by atoms with van der Waals surface area (Å²) in [5.74, 6) is 2.28. The Kier molecular flexibility index (Phi) is 5.63. The number of carbonyl (C=O) groups excluding carboxylic acids is 1. The zero-order valence-corrected chi connectivity index (χ0v) is 17.2. The molecule has 1 aliphatic rings. The zero-order valence-electron chi connectivity index (χ0n) is 17.2. The molecule has 1 fully saturated rings. The molecule has 0 saturated heterocycles. The molecule has 1 aromatic carbocycles. The molecule has 0 spiro atoms. The third-order valence-corrected chi connectivity index (χ3v) is 5.45. The maximum atomic E-state index is 13.1. The van der Waals surface area contributed by atoms with Gasteiger partial charge in [0.25, 0.3) is 0 Å². The van der Waals surface area contributed by atoms with Crippen molar-refractivity contribution in [1.82, 2.24) is 14.4 Å². The van der Waals surface area contributed by atoms with Crippen molar-refractivity contribution in [2.75, 3.05) is 11.9 Å². The minimum absolute atomic E-state index is 0.0905. The van der Waals surface area contributed by atoms with Gasteiger partial charge in [-0.15, -0.1) is 6.42 Å². The van der Waals surface area contributed by atoms with Crippen molar-refractivity contribution in [3.8, 4) is 23.6 Å². The SMILES string of the molecule is C#Cc1cn2c(-c3ccc(C(=O)CC4C[C@@H]4F)c(C)c3)cnc2c(NCCC(F)(F)F)n1. The van der Waals surface area contributed by atoms with E-state index in [1.54, 1.807) is 35.9 Å². The third-order valence-electron chi connectivity index (χ3n) is 5.45. The number of terminal acetylenes is 1.